The van der Waals surface area contributed by atoms with E-state index < -0.39 is 0 Å². The highest BCUT2D eigenvalue weighted by atomic mass is 32.2. The minimum Gasteiger partial charge on any atom is -0.339 e. The maximum Gasteiger partial charge on any atom is 0.270 e. The van der Waals surface area contributed by atoms with Crippen LogP contribution in [0.1, 0.15) is 21.6 Å². The second-order valence-corrected chi connectivity index (χ2v) is 6.99. The monoisotopic (exact) mass is 338 g/mol. The third-order valence-corrected chi connectivity index (χ3v) is 5.10. The first-order valence-electron chi connectivity index (χ1n) is 7.94. The molecule has 1 heterocycles. The number of fused-ring (bicyclic) bond motifs is 1. The number of aromatic nitrogens is 1. The summed E-state index contributed by atoms with van der Waals surface area (Å²) in [5.41, 5.74) is 4.18. The van der Waals surface area contributed by atoms with Crippen LogP contribution in [-0.2, 0) is 13.6 Å². The lowest BCUT2D eigenvalue weighted by Crippen LogP contribution is -2.27. The van der Waals surface area contributed by atoms with Crippen LogP contribution in [0.25, 0.3) is 10.9 Å². The highest BCUT2D eigenvalue weighted by molar-refractivity contribution is 7.98. The maximum absolute atomic E-state index is 12.9. The van der Waals surface area contributed by atoms with E-state index in [1.807, 2.05) is 36.9 Å². The average Bonchev–Trinajstić information content (AvgIpc) is 2.92. The fourth-order valence-electron chi connectivity index (χ4n) is 3.14. The van der Waals surface area contributed by atoms with Crippen LogP contribution < -0.4 is 0 Å². The topological polar surface area (TPSA) is 25.2 Å². The maximum atomic E-state index is 12.9. The minimum atomic E-state index is 0.0441. The molecule has 0 aliphatic heterocycles. The fourth-order valence-corrected chi connectivity index (χ4v) is 3.62. The van der Waals surface area contributed by atoms with Crippen molar-refractivity contribution < 1.29 is 4.79 Å². The second kappa shape index (κ2) is 6.73. The molecule has 0 unspecified atom stereocenters. The van der Waals surface area contributed by atoms with Crippen molar-refractivity contribution in [2.24, 2.45) is 7.05 Å². The van der Waals surface area contributed by atoms with Crippen molar-refractivity contribution in [3.8, 4) is 0 Å². The normalized spacial score (nSPS) is 11.0. The first-order chi connectivity index (χ1) is 11.5. The lowest BCUT2D eigenvalue weighted by molar-refractivity contribution is 0.0776. The van der Waals surface area contributed by atoms with Gasteiger partial charge in [0.25, 0.3) is 5.91 Å². The van der Waals surface area contributed by atoms with E-state index in [1.54, 1.807) is 16.7 Å². The molecule has 0 spiro atoms. The number of para-hydroxylation sites is 1. The first kappa shape index (κ1) is 16.7. The number of nitrogens with zero attached hydrogens (tertiary/aromatic N) is 2. The largest absolute Gasteiger partial charge is 0.339 e. The van der Waals surface area contributed by atoms with Crippen molar-refractivity contribution in [2.45, 2.75) is 18.4 Å². The zero-order valence-electron chi connectivity index (χ0n) is 14.5. The summed E-state index contributed by atoms with van der Waals surface area (Å²) in [4.78, 5) is 15.9. The van der Waals surface area contributed by atoms with Crippen LogP contribution in [0.4, 0.5) is 0 Å². The Morgan fingerprint density at radius 2 is 1.92 bits per heavy atom. The van der Waals surface area contributed by atoms with Gasteiger partial charge in [0, 0.05) is 30.9 Å². The van der Waals surface area contributed by atoms with Crippen molar-refractivity contribution in [2.75, 3.05) is 13.3 Å². The van der Waals surface area contributed by atoms with Gasteiger partial charge in [-0.3, -0.25) is 4.79 Å². The molecule has 2 aromatic carbocycles. The molecule has 3 aromatic rings. The standard InChI is InChI=1S/C20H22N2OS/c1-14-7-5-9-16-12-18(22(3)19(14)16)20(23)21(2)13-15-8-6-10-17(11-15)24-4/h5-12H,13H2,1-4H3. The van der Waals surface area contributed by atoms with Crippen LogP contribution in [-0.4, -0.2) is 28.7 Å². The molecule has 3 rings (SSSR count). The molecule has 1 amide bonds. The molecule has 124 valence electrons. The number of hydrogen-bond donors (Lipinski definition) is 0. The Kier molecular flexibility index (Phi) is 4.67. The Morgan fingerprint density at radius 3 is 2.62 bits per heavy atom. The number of rotatable bonds is 4. The van der Waals surface area contributed by atoms with E-state index in [0.29, 0.717) is 6.54 Å². The van der Waals surface area contributed by atoms with Crippen molar-refractivity contribution in [3.63, 3.8) is 0 Å². The zero-order valence-corrected chi connectivity index (χ0v) is 15.4. The second-order valence-electron chi connectivity index (χ2n) is 6.11. The summed E-state index contributed by atoms with van der Waals surface area (Å²) in [6.07, 6.45) is 2.06. The van der Waals surface area contributed by atoms with E-state index in [-0.39, 0.29) is 5.91 Å². The minimum absolute atomic E-state index is 0.0441. The zero-order chi connectivity index (χ0) is 17.3. The molecule has 1 aromatic heterocycles. The van der Waals surface area contributed by atoms with Crippen LogP contribution in [0.5, 0.6) is 0 Å². The summed E-state index contributed by atoms with van der Waals surface area (Å²) in [5, 5.41) is 1.11. The quantitative estimate of drug-likeness (QED) is 0.655. The number of aryl methyl sites for hydroxylation is 2. The fraction of sp³-hybridized carbons (Fsp3) is 0.250. The molecular formula is C20H22N2OS. The van der Waals surface area contributed by atoms with Crippen LogP contribution in [0.2, 0.25) is 0 Å². The van der Waals surface area contributed by atoms with Gasteiger partial charge in [-0.1, -0.05) is 30.3 Å². The summed E-state index contributed by atoms with van der Waals surface area (Å²) in [6.45, 7) is 2.68. The van der Waals surface area contributed by atoms with Gasteiger partial charge in [0.05, 0.1) is 5.52 Å². The Balaban J connectivity index is 1.88. The highest BCUT2D eigenvalue weighted by Crippen LogP contribution is 2.23. The average molecular weight is 338 g/mol. The Bertz CT molecular complexity index is 898. The number of hydrogen-bond acceptors (Lipinski definition) is 2. The number of thioether (sulfide) groups is 1. The summed E-state index contributed by atoms with van der Waals surface area (Å²) in [6, 6.07) is 16.5. The third kappa shape index (κ3) is 3.06. The molecule has 0 saturated carbocycles. The molecule has 0 aliphatic carbocycles. The van der Waals surface area contributed by atoms with Gasteiger partial charge >= 0.3 is 0 Å². The third-order valence-electron chi connectivity index (χ3n) is 4.38. The summed E-state index contributed by atoms with van der Waals surface area (Å²) >= 11 is 1.71. The van der Waals surface area contributed by atoms with Crippen LogP contribution in [0.15, 0.2) is 53.4 Å². The number of carbonyl (C=O) groups excluding carboxylic acids is 1. The number of amides is 1. The van der Waals surface area contributed by atoms with E-state index >= 15 is 0 Å². The first-order valence-corrected chi connectivity index (χ1v) is 9.17. The Labute approximate surface area is 147 Å². The van der Waals surface area contributed by atoms with Crippen molar-refractivity contribution in [1.29, 1.82) is 0 Å². The Morgan fingerprint density at radius 1 is 1.17 bits per heavy atom. The van der Waals surface area contributed by atoms with Gasteiger partial charge in [-0.2, -0.15) is 0 Å². The van der Waals surface area contributed by atoms with E-state index in [1.165, 1.54) is 10.5 Å². The molecular weight excluding hydrogens is 316 g/mol. The van der Waals surface area contributed by atoms with Gasteiger partial charge in [-0.15, -0.1) is 11.8 Å². The number of benzene rings is 2. The lowest BCUT2D eigenvalue weighted by Gasteiger charge is -2.18. The van der Waals surface area contributed by atoms with Gasteiger partial charge in [0.1, 0.15) is 5.69 Å². The van der Waals surface area contributed by atoms with Crippen LogP contribution in [0.3, 0.4) is 0 Å². The Hall–Kier alpha value is -2.20. The van der Waals surface area contributed by atoms with Gasteiger partial charge in [-0.05, 0) is 42.5 Å². The summed E-state index contributed by atoms with van der Waals surface area (Å²) in [5.74, 6) is 0.0441. The van der Waals surface area contributed by atoms with Crippen LogP contribution >= 0.6 is 11.8 Å². The highest BCUT2D eigenvalue weighted by Gasteiger charge is 2.18. The summed E-state index contributed by atoms with van der Waals surface area (Å²) < 4.78 is 2.00. The molecule has 0 bridgehead atoms. The molecule has 0 fully saturated rings. The molecule has 24 heavy (non-hydrogen) atoms. The molecule has 3 nitrogen and oxygen atoms in total. The smallest absolute Gasteiger partial charge is 0.270 e. The van der Waals surface area contributed by atoms with E-state index in [0.717, 1.165) is 22.2 Å². The molecule has 4 heteroatoms. The molecule has 0 atom stereocenters. The van der Waals surface area contributed by atoms with Gasteiger partial charge in [-0.25, -0.2) is 0 Å². The molecule has 0 aliphatic rings. The van der Waals surface area contributed by atoms with Gasteiger partial charge < -0.3 is 9.47 Å². The molecule has 0 radical (unpaired) electrons. The van der Waals surface area contributed by atoms with Crippen molar-refractivity contribution in [1.82, 2.24) is 9.47 Å². The lowest BCUT2D eigenvalue weighted by atomic mass is 10.2. The van der Waals surface area contributed by atoms with E-state index in [4.69, 9.17) is 0 Å². The van der Waals surface area contributed by atoms with Gasteiger partial charge in [0.15, 0.2) is 0 Å². The van der Waals surface area contributed by atoms with Crippen molar-refractivity contribution >= 4 is 28.6 Å². The predicted molar refractivity (Wildman–Crippen MR) is 102 cm³/mol. The van der Waals surface area contributed by atoms with E-state index in [9.17, 15) is 4.79 Å². The van der Waals surface area contributed by atoms with E-state index in [2.05, 4.69) is 43.5 Å². The molecule has 0 N–H and O–H groups in total. The molecule has 0 saturated heterocycles. The van der Waals surface area contributed by atoms with Crippen LogP contribution in [0, 0.1) is 6.92 Å². The summed E-state index contributed by atoms with van der Waals surface area (Å²) in [7, 11) is 3.82. The van der Waals surface area contributed by atoms with Gasteiger partial charge in [0.2, 0.25) is 0 Å². The SMILES string of the molecule is CSc1cccc(CN(C)C(=O)c2cc3cccc(C)c3n2C)c1. The number of carbonyl (C=O) groups is 1. The predicted octanol–water partition coefficient (Wildman–Crippen LogP) is 4.48. The van der Waals surface area contributed by atoms with Crippen molar-refractivity contribution in [3.05, 3.63) is 65.4 Å².